The van der Waals surface area contributed by atoms with Crippen LogP contribution >= 0.6 is 35.0 Å². The first kappa shape index (κ1) is 26.6. The summed E-state index contributed by atoms with van der Waals surface area (Å²) < 4.78 is 43.2. The molecule has 0 spiro atoms. The van der Waals surface area contributed by atoms with E-state index in [1.54, 1.807) is 48.2 Å². The Morgan fingerprint density at radius 2 is 1.81 bits per heavy atom. The molecule has 0 aromatic heterocycles. The third-order valence-corrected chi connectivity index (χ3v) is 7.21. The van der Waals surface area contributed by atoms with Gasteiger partial charge in [0.05, 0.1) is 5.71 Å². The fourth-order valence-corrected chi connectivity index (χ4v) is 5.37. The second-order valence-corrected chi connectivity index (χ2v) is 10.5. The van der Waals surface area contributed by atoms with E-state index in [0.29, 0.717) is 21.9 Å². The van der Waals surface area contributed by atoms with Gasteiger partial charge in [0.15, 0.2) is 0 Å². The van der Waals surface area contributed by atoms with Gasteiger partial charge in [0, 0.05) is 39.2 Å². The number of rotatable bonds is 7. The number of thioether (sulfide) groups is 1. The Morgan fingerprint density at radius 3 is 2.44 bits per heavy atom. The highest BCUT2D eigenvalue weighted by Crippen LogP contribution is 2.50. The Balaban J connectivity index is 1.71. The lowest BCUT2D eigenvalue weighted by molar-refractivity contribution is -0.275. The summed E-state index contributed by atoms with van der Waals surface area (Å²) in [5, 5.41) is 8.21. The lowest BCUT2D eigenvalue weighted by atomic mass is 9.85. The molecule has 0 fully saturated rings. The molecule has 1 aliphatic heterocycles. The minimum atomic E-state index is -4.80. The Labute approximate surface area is 221 Å². The van der Waals surface area contributed by atoms with E-state index in [-0.39, 0.29) is 33.3 Å². The zero-order valence-corrected chi connectivity index (χ0v) is 21.8. The van der Waals surface area contributed by atoms with Crippen LogP contribution < -0.4 is 5.32 Å². The molecule has 4 nitrogen and oxygen atoms in total. The molecule has 190 valence electrons. The minimum Gasteiger partial charge on any atom is -0.374 e. The number of oxime groups is 1. The van der Waals surface area contributed by atoms with E-state index in [9.17, 15) is 18.0 Å². The van der Waals surface area contributed by atoms with E-state index >= 15 is 0 Å². The van der Waals surface area contributed by atoms with Gasteiger partial charge in [0.1, 0.15) is 0 Å². The molecule has 0 saturated heterocycles. The lowest BCUT2D eigenvalue weighted by Gasteiger charge is -2.29. The summed E-state index contributed by atoms with van der Waals surface area (Å²) in [7, 11) is 0. The highest BCUT2D eigenvalue weighted by Gasteiger charge is 2.62. The van der Waals surface area contributed by atoms with Crippen molar-refractivity contribution in [2.45, 2.75) is 37.6 Å². The molecule has 0 radical (unpaired) electrons. The number of nitrogens with one attached hydrogen (secondary N) is 1. The Bertz CT molecular complexity index is 1310. The van der Waals surface area contributed by atoms with Crippen LogP contribution in [0.1, 0.15) is 41.3 Å². The van der Waals surface area contributed by atoms with Gasteiger partial charge in [-0.3, -0.25) is 4.79 Å². The number of carbonyl (C=O) groups excluding carboxylic acids is 1. The standard InChI is InChI=1S/C26H23Cl2F3N2O2S/c1-15(9-10-36-2)32-24(34)22-8-7-21(19-5-3-4-6-20(19)22)23-14-25(35-33-23,26(29,30)31)16-11-17(27)13-18(28)12-16/h3-8,11-13,15H,9-10,14H2,1-2H3,(H,32,34). The van der Waals surface area contributed by atoms with E-state index in [4.69, 9.17) is 28.0 Å². The Morgan fingerprint density at radius 1 is 1.14 bits per heavy atom. The third-order valence-electron chi connectivity index (χ3n) is 6.13. The summed E-state index contributed by atoms with van der Waals surface area (Å²) in [4.78, 5) is 18.2. The number of amides is 1. The highest BCUT2D eigenvalue weighted by atomic mass is 35.5. The third kappa shape index (κ3) is 5.17. The van der Waals surface area contributed by atoms with Crippen molar-refractivity contribution in [3.63, 3.8) is 0 Å². The number of halogens is 5. The minimum absolute atomic E-state index is 0.0204. The van der Waals surface area contributed by atoms with E-state index in [2.05, 4.69) is 10.5 Å². The smallest absolute Gasteiger partial charge is 0.374 e. The topological polar surface area (TPSA) is 50.7 Å². The van der Waals surface area contributed by atoms with Crippen molar-refractivity contribution in [1.82, 2.24) is 5.32 Å². The first-order valence-corrected chi connectivity index (χ1v) is 13.3. The normalized spacial score (nSPS) is 18.6. The SMILES string of the molecule is CSCCC(C)NC(=O)c1ccc(C2=NOC(c3cc(Cl)cc(Cl)c3)(C(F)(F)F)C2)c2ccccc12. The number of benzene rings is 3. The van der Waals surface area contributed by atoms with Crippen molar-refractivity contribution >= 4 is 57.4 Å². The molecule has 0 saturated carbocycles. The first-order chi connectivity index (χ1) is 17.1. The lowest BCUT2D eigenvalue weighted by Crippen LogP contribution is -2.42. The van der Waals surface area contributed by atoms with Gasteiger partial charge in [-0.2, -0.15) is 24.9 Å². The molecule has 2 unspecified atom stereocenters. The van der Waals surface area contributed by atoms with Crippen LogP contribution in [0.4, 0.5) is 13.2 Å². The van der Waals surface area contributed by atoms with Crippen LogP contribution in [0.25, 0.3) is 10.8 Å². The maximum absolute atomic E-state index is 14.4. The summed E-state index contributed by atoms with van der Waals surface area (Å²) in [6, 6.07) is 14.0. The van der Waals surface area contributed by atoms with Crippen LogP contribution in [0.5, 0.6) is 0 Å². The van der Waals surface area contributed by atoms with Crippen molar-refractivity contribution in [3.05, 3.63) is 81.3 Å². The molecule has 1 aliphatic rings. The van der Waals surface area contributed by atoms with Crippen LogP contribution in [-0.4, -0.2) is 35.8 Å². The molecular formula is C26H23Cl2F3N2O2S. The molecule has 1 heterocycles. The summed E-state index contributed by atoms with van der Waals surface area (Å²) in [5.74, 6) is 0.675. The number of alkyl halides is 3. The number of hydrogen-bond donors (Lipinski definition) is 1. The first-order valence-electron chi connectivity index (χ1n) is 11.2. The van der Waals surface area contributed by atoms with Crippen LogP contribution in [-0.2, 0) is 10.4 Å². The average Bonchev–Trinajstić information content (AvgIpc) is 3.28. The Kier molecular flexibility index (Phi) is 7.78. The second kappa shape index (κ2) is 10.5. The van der Waals surface area contributed by atoms with Crippen molar-refractivity contribution in [1.29, 1.82) is 0 Å². The van der Waals surface area contributed by atoms with Gasteiger partial charge in [0.25, 0.3) is 11.5 Å². The van der Waals surface area contributed by atoms with Gasteiger partial charge in [-0.05, 0) is 60.4 Å². The molecule has 3 aromatic rings. The summed E-state index contributed by atoms with van der Waals surface area (Å²) in [6.45, 7) is 1.94. The summed E-state index contributed by atoms with van der Waals surface area (Å²) in [5.41, 5.74) is -1.96. The van der Waals surface area contributed by atoms with Crippen molar-refractivity contribution in [2.24, 2.45) is 5.16 Å². The van der Waals surface area contributed by atoms with Crippen molar-refractivity contribution < 1.29 is 22.8 Å². The zero-order chi connectivity index (χ0) is 26.1. The molecule has 1 N–H and O–H groups in total. The van der Waals surface area contributed by atoms with E-state index < -0.39 is 18.2 Å². The predicted octanol–water partition coefficient (Wildman–Crippen LogP) is 7.60. The van der Waals surface area contributed by atoms with E-state index in [0.717, 1.165) is 12.2 Å². The summed E-state index contributed by atoms with van der Waals surface area (Å²) >= 11 is 13.7. The largest absolute Gasteiger partial charge is 0.435 e. The van der Waals surface area contributed by atoms with Crippen LogP contribution in [0.3, 0.4) is 0 Å². The molecule has 1 amide bonds. The molecule has 2 atom stereocenters. The van der Waals surface area contributed by atoms with Gasteiger partial charge in [-0.25, -0.2) is 0 Å². The number of fused-ring (bicyclic) bond motifs is 1. The predicted molar refractivity (Wildman–Crippen MR) is 140 cm³/mol. The highest BCUT2D eigenvalue weighted by molar-refractivity contribution is 7.98. The molecule has 3 aromatic carbocycles. The zero-order valence-electron chi connectivity index (χ0n) is 19.5. The van der Waals surface area contributed by atoms with Crippen molar-refractivity contribution in [3.8, 4) is 0 Å². The van der Waals surface area contributed by atoms with Crippen LogP contribution in [0.15, 0.2) is 59.8 Å². The van der Waals surface area contributed by atoms with E-state index in [1.165, 1.54) is 18.2 Å². The number of nitrogens with zero attached hydrogens (tertiary/aromatic N) is 1. The van der Waals surface area contributed by atoms with Gasteiger partial charge in [0.2, 0.25) is 0 Å². The van der Waals surface area contributed by atoms with Gasteiger partial charge in [-0.15, -0.1) is 0 Å². The molecule has 0 aliphatic carbocycles. The maximum Gasteiger partial charge on any atom is 0.435 e. The molecule has 0 bridgehead atoms. The Hall–Kier alpha value is -2.42. The maximum atomic E-state index is 14.4. The van der Waals surface area contributed by atoms with Crippen LogP contribution in [0.2, 0.25) is 10.0 Å². The fraction of sp³-hybridized carbons (Fsp3) is 0.308. The molecular weight excluding hydrogens is 532 g/mol. The number of carbonyl (C=O) groups is 1. The molecule has 4 rings (SSSR count). The van der Waals surface area contributed by atoms with E-state index in [1.807, 2.05) is 13.2 Å². The monoisotopic (exact) mass is 554 g/mol. The second-order valence-electron chi connectivity index (χ2n) is 8.65. The average molecular weight is 555 g/mol. The van der Waals surface area contributed by atoms with Crippen molar-refractivity contribution in [2.75, 3.05) is 12.0 Å². The fourth-order valence-electron chi connectivity index (χ4n) is 4.25. The van der Waals surface area contributed by atoms with Gasteiger partial charge in [-0.1, -0.05) is 58.7 Å². The molecule has 10 heteroatoms. The van der Waals surface area contributed by atoms with Gasteiger partial charge < -0.3 is 10.2 Å². The van der Waals surface area contributed by atoms with Crippen LogP contribution in [0, 0.1) is 0 Å². The van der Waals surface area contributed by atoms with Gasteiger partial charge >= 0.3 is 6.18 Å². The summed E-state index contributed by atoms with van der Waals surface area (Å²) in [6.07, 6.45) is -2.54. The number of hydrogen-bond acceptors (Lipinski definition) is 4. The molecule has 36 heavy (non-hydrogen) atoms. The quantitative estimate of drug-likeness (QED) is 0.327.